The molecule has 2 amide bonds. The van der Waals surface area contributed by atoms with Crippen LogP contribution in [0, 0.1) is 0 Å². The number of nitrogens with two attached hydrogens (primary N) is 3. The summed E-state index contributed by atoms with van der Waals surface area (Å²) in [4.78, 5) is 39.2. The van der Waals surface area contributed by atoms with Crippen LogP contribution in [-0.2, 0) is 14.4 Å². The fourth-order valence-corrected chi connectivity index (χ4v) is 2.06. The molecule has 2 atom stereocenters. The first kappa shape index (κ1) is 20.0. The zero-order chi connectivity index (χ0) is 18.1. The molecule has 0 saturated heterocycles. The van der Waals surface area contributed by atoms with Crippen LogP contribution in [0.4, 0.5) is 0 Å². The Morgan fingerprint density at radius 3 is 2.42 bits per heavy atom. The van der Waals surface area contributed by atoms with Gasteiger partial charge in [0.1, 0.15) is 12.1 Å². The number of nitrogens with one attached hydrogen (secondary N) is 3. The molecule has 0 fully saturated rings. The number of hydrogen-bond donors (Lipinski definition) is 7. The Hall–Kier alpha value is -2.08. The standard InChI is InChI=1S/C13H25N7O4/c14-3-8(4-15)19-12(22)10(1-7-5-17-6-18-7)20-11(21)2-9(16)13(23)24/h8-10,17H,1-6,14-16H2,(H,19,22)(H,20,21)(H,23,24). The molecule has 136 valence electrons. The largest absolute Gasteiger partial charge is 0.480 e. The van der Waals surface area contributed by atoms with E-state index in [2.05, 4.69) is 20.9 Å². The Balaban J connectivity index is 2.71. The molecule has 1 rings (SSSR count). The van der Waals surface area contributed by atoms with Gasteiger partial charge < -0.3 is 32.9 Å². The van der Waals surface area contributed by atoms with Crippen LogP contribution in [-0.4, -0.2) is 73.0 Å². The third-order valence-corrected chi connectivity index (χ3v) is 3.47. The minimum absolute atomic E-state index is 0.162. The van der Waals surface area contributed by atoms with E-state index in [0.717, 1.165) is 5.71 Å². The maximum atomic E-state index is 12.4. The molecule has 11 nitrogen and oxygen atoms in total. The highest BCUT2D eigenvalue weighted by Gasteiger charge is 2.26. The van der Waals surface area contributed by atoms with Gasteiger partial charge in [0, 0.05) is 31.8 Å². The molecule has 0 aliphatic carbocycles. The minimum atomic E-state index is -1.33. The van der Waals surface area contributed by atoms with Crippen molar-refractivity contribution < 1.29 is 19.5 Å². The van der Waals surface area contributed by atoms with Gasteiger partial charge in [-0.2, -0.15) is 0 Å². The zero-order valence-corrected chi connectivity index (χ0v) is 13.3. The highest BCUT2D eigenvalue weighted by atomic mass is 16.4. The molecule has 1 aliphatic rings. The number of carboxylic acids is 1. The molecular weight excluding hydrogens is 318 g/mol. The van der Waals surface area contributed by atoms with E-state index >= 15 is 0 Å². The average molecular weight is 343 g/mol. The SMILES string of the molecule is NCC(CN)NC(=O)C(CC1=NCNC1)NC(=O)CC(N)C(=O)O. The number of aliphatic imine (C=N–C) groups is 1. The van der Waals surface area contributed by atoms with E-state index in [-0.39, 0.29) is 19.5 Å². The van der Waals surface area contributed by atoms with Crippen molar-refractivity contribution in [1.29, 1.82) is 0 Å². The number of hydrogen-bond acceptors (Lipinski definition) is 8. The molecule has 0 radical (unpaired) electrons. The highest BCUT2D eigenvalue weighted by Crippen LogP contribution is 2.02. The van der Waals surface area contributed by atoms with E-state index in [9.17, 15) is 14.4 Å². The van der Waals surface area contributed by atoms with E-state index in [4.69, 9.17) is 22.3 Å². The van der Waals surface area contributed by atoms with E-state index in [1.165, 1.54) is 0 Å². The number of carboxylic acid groups (broad SMARTS) is 1. The maximum absolute atomic E-state index is 12.4. The van der Waals surface area contributed by atoms with Crippen molar-refractivity contribution >= 4 is 23.5 Å². The van der Waals surface area contributed by atoms with E-state index in [1.54, 1.807) is 0 Å². The van der Waals surface area contributed by atoms with E-state index in [0.29, 0.717) is 13.2 Å². The summed E-state index contributed by atoms with van der Waals surface area (Å²) in [5.74, 6) is -2.38. The maximum Gasteiger partial charge on any atom is 0.321 e. The summed E-state index contributed by atoms with van der Waals surface area (Å²) in [7, 11) is 0. The van der Waals surface area contributed by atoms with Gasteiger partial charge in [-0.1, -0.05) is 0 Å². The van der Waals surface area contributed by atoms with Gasteiger partial charge in [0.2, 0.25) is 11.8 Å². The van der Waals surface area contributed by atoms with Crippen molar-refractivity contribution in [3.8, 4) is 0 Å². The fourth-order valence-electron chi connectivity index (χ4n) is 2.06. The van der Waals surface area contributed by atoms with Gasteiger partial charge in [-0.3, -0.25) is 24.7 Å². The van der Waals surface area contributed by atoms with Crippen molar-refractivity contribution in [3.05, 3.63) is 0 Å². The number of carbonyl (C=O) groups excluding carboxylic acids is 2. The van der Waals surface area contributed by atoms with Gasteiger partial charge in [0.15, 0.2) is 0 Å². The molecule has 10 N–H and O–H groups in total. The van der Waals surface area contributed by atoms with Gasteiger partial charge in [-0.05, 0) is 0 Å². The number of nitrogens with zero attached hydrogens (tertiary/aromatic N) is 1. The molecule has 0 saturated carbocycles. The van der Waals surface area contributed by atoms with Gasteiger partial charge in [-0.25, -0.2) is 0 Å². The predicted octanol–water partition coefficient (Wildman–Crippen LogP) is -3.93. The van der Waals surface area contributed by atoms with Crippen LogP contribution in [0.3, 0.4) is 0 Å². The second-order valence-corrected chi connectivity index (χ2v) is 5.46. The second-order valence-electron chi connectivity index (χ2n) is 5.46. The van der Waals surface area contributed by atoms with Gasteiger partial charge in [-0.15, -0.1) is 0 Å². The predicted molar refractivity (Wildman–Crippen MR) is 87.1 cm³/mol. The highest BCUT2D eigenvalue weighted by molar-refractivity contribution is 5.96. The molecule has 0 aromatic heterocycles. The lowest BCUT2D eigenvalue weighted by molar-refractivity contribution is -0.140. The molecule has 1 aliphatic heterocycles. The van der Waals surface area contributed by atoms with E-state index < -0.39 is 42.3 Å². The molecular formula is C13H25N7O4. The Labute approximate surface area is 139 Å². The van der Waals surface area contributed by atoms with Gasteiger partial charge in [0.25, 0.3) is 0 Å². The van der Waals surface area contributed by atoms with Crippen LogP contribution in [0.1, 0.15) is 12.8 Å². The van der Waals surface area contributed by atoms with Crippen LogP contribution in [0.15, 0.2) is 4.99 Å². The van der Waals surface area contributed by atoms with Crippen LogP contribution in [0.5, 0.6) is 0 Å². The molecule has 24 heavy (non-hydrogen) atoms. The molecule has 1 heterocycles. The molecule has 0 aromatic rings. The first-order valence-electron chi connectivity index (χ1n) is 7.58. The Bertz CT molecular complexity index is 493. The van der Waals surface area contributed by atoms with Crippen molar-refractivity contribution in [3.63, 3.8) is 0 Å². The molecule has 0 spiro atoms. The van der Waals surface area contributed by atoms with Crippen LogP contribution in [0.25, 0.3) is 0 Å². The first-order chi connectivity index (χ1) is 11.4. The summed E-state index contributed by atoms with van der Waals surface area (Å²) in [6, 6.07) is -2.65. The molecule has 0 bridgehead atoms. The molecule has 11 heteroatoms. The van der Waals surface area contributed by atoms with Crippen LogP contribution in [0.2, 0.25) is 0 Å². The fraction of sp³-hybridized carbons (Fsp3) is 0.692. The quantitative estimate of drug-likeness (QED) is 0.208. The van der Waals surface area contributed by atoms with Crippen molar-refractivity contribution in [2.45, 2.75) is 31.0 Å². The third kappa shape index (κ3) is 6.58. The summed E-state index contributed by atoms with van der Waals surface area (Å²) in [6.07, 6.45) is -0.226. The number of carbonyl (C=O) groups is 3. The Morgan fingerprint density at radius 2 is 1.92 bits per heavy atom. The smallest absolute Gasteiger partial charge is 0.321 e. The van der Waals surface area contributed by atoms with Crippen LogP contribution >= 0.6 is 0 Å². The summed E-state index contributed by atoms with van der Waals surface area (Å²) >= 11 is 0. The summed E-state index contributed by atoms with van der Waals surface area (Å²) in [6.45, 7) is 1.30. The normalized spacial score (nSPS) is 16.4. The summed E-state index contributed by atoms with van der Waals surface area (Å²) in [5, 5.41) is 16.9. The summed E-state index contributed by atoms with van der Waals surface area (Å²) < 4.78 is 0. The van der Waals surface area contributed by atoms with Gasteiger partial charge in [0.05, 0.1) is 19.1 Å². The first-order valence-corrected chi connectivity index (χ1v) is 7.58. The lowest BCUT2D eigenvalue weighted by Gasteiger charge is -2.22. The van der Waals surface area contributed by atoms with Crippen molar-refractivity contribution in [2.24, 2.45) is 22.2 Å². The van der Waals surface area contributed by atoms with Gasteiger partial charge >= 0.3 is 5.97 Å². The van der Waals surface area contributed by atoms with E-state index in [1.807, 2.05) is 0 Å². The third-order valence-electron chi connectivity index (χ3n) is 3.47. The Morgan fingerprint density at radius 1 is 1.25 bits per heavy atom. The minimum Gasteiger partial charge on any atom is -0.480 e. The second kappa shape index (κ2) is 9.93. The Kier molecular flexibility index (Phi) is 8.26. The monoisotopic (exact) mass is 343 g/mol. The topological polar surface area (TPSA) is 198 Å². The van der Waals surface area contributed by atoms with Crippen LogP contribution < -0.4 is 33.2 Å². The lowest BCUT2D eigenvalue weighted by Crippen LogP contribution is -2.54. The van der Waals surface area contributed by atoms with Crippen molar-refractivity contribution in [1.82, 2.24) is 16.0 Å². The van der Waals surface area contributed by atoms with Crippen molar-refractivity contribution in [2.75, 3.05) is 26.3 Å². The number of rotatable bonds is 10. The lowest BCUT2D eigenvalue weighted by atomic mass is 10.1. The molecule has 0 aromatic carbocycles. The molecule has 2 unspecified atom stereocenters. The summed E-state index contributed by atoms with van der Waals surface area (Å²) in [5.41, 5.74) is 17.1. The number of aliphatic carboxylic acids is 1. The number of amides is 2. The average Bonchev–Trinajstić information content (AvgIpc) is 3.04. The zero-order valence-electron chi connectivity index (χ0n) is 13.3.